The Morgan fingerprint density at radius 3 is 2.62 bits per heavy atom. The van der Waals surface area contributed by atoms with Crippen molar-refractivity contribution in [1.29, 1.82) is 0 Å². The van der Waals surface area contributed by atoms with Crippen LogP contribution in [0.1, 0.15) is 12.8 Å². The molecule has 0 atom stereocenters. The lowest BCUT2D eigenvalue weighted by molar-refractivity contribution is 0.897. The minimum absolute atomic E-state index is 0.368. The number of nitrogens with zero attached hydrogens (tertiary/aromatic N) is 3. The van der Waals surface area contributed by atoms with Gasteiger partial charge in [-0.15, -0.1) is 10.2 Å². The number of nitrogen functional groups attached to an aromatic ring is 1. The molecule has 70 valence electrons. The highest BCUT2D eigenvalue weighted by atomic mass is 35.5. The molecule has 1 aliphatic heterocycles. The fourth-order valence-electron chi connectivity index (χ4n) is 1.52. The molecule has 0 radical (unpaired) electrons. The normalized spacial score (nSPS) is 16.5. The van der Waals surface area contributed by atoms with Crippen molar-refractivity contribution >= 4 is 23.2 Å². The molecule has 2 rings (SSSR count). The van der Waals surface area contributed by atoms with Gasteiger partial charge in [0.15, 0.2) is 5.82 Å². The summed E-state index contributed by atoms with van der Waals surface area (Å²) in [6, 6.07) is 1.64. The number of halogens is 1. The van der Waals surface area contributed by atoms with E-state index in [9.17, 15) is 0 Å². The van der Waals surface area contributed by atoms with Gasteiger partial charge in [-0.25, -0.2) is 0 Å². The van der Waals surface area contributed by atoms with Crippen LogP contribution in [0.5, 0.6) is 0 Å². The van der Waals surface area contributed by atoms with E-state index in [0.717, 1.165) is 18.9 Å². The van der Waals surface area contributed by atoms with Gasteiger partial charge in [-0.2, -0.15) is 0 Å². The molecular formula is C8H11ClN4. The van der Waals surface area contributed by atoms with E-state index >= 15 is 0 Å². The second-order valence-electron chi connectivity index (χ2n) is 3.13. The summed E-state index contributed by atoms with van der Waals surface area (Å²) < 4.78 is 0. The van der Waals surface area contributed by atoms with Gasteiger partial charge in [-0.3, -0.25) is 0 Å². The van der Waals surface area contributed by atoms with Gasteiger partial charge in [0.1, 0.15) is 5.82 Å². The zero-order valence-corrected chi connectivity index (χ0v) is 7.96. The van der Waals surface area contributed by atoms with Crippen LogP contribution in [0, 0.1) is 0 Å². The van der Waals surface area contributed by atoms with E-state index in [1.54, 1.807) is 6.07 Å². The number of hydrogen-bond donors (Lipinski definition) is 1. The maximum atomic E-state index is 5.99. The SMILES string of the molecule is Nc1cc(Cl)c(N2CCCC2)nn1. The van der Waals surface area contributed by atoms with Crippen LogP contribution in [0.25, 0.3) is 0 Å². The molecule has 0 bridgehead atoms. The maximum Gasteiger partial charge on any atom is 0.170 e. The number of nitrogens with two attached hydrogens (primary N) is 1. The lowest BCUT2D eigenvalue weighted by Crippen LogP contribution is -2.20. The van der Waals surface area contributed by atoms with Crippen LogP contribution in [-0.2, 0) is 0 Å². The summed E-state index contributed by atoms with van der Waals surface area (Å²) in [6.45, 7) is 2.02. The third kappa shape index (κ3) is 1.67. The van der Waals surface area contributed by atoms with Crippen molar-refractivity contribution in [3.05, 3.63) is 11.1 Å². The standard InChI is InChI=1S/C8H11ClN4/c9-6-5-7(10)11-12-8(6)13-3-1-2-4-13/h5H,1-4H2,(H2,10,11). The topological polar surface area (TPSA) is 55.0 Å². The van der Waals surface area contributed by atoms with Gasteiger partial charge in [0.25, 0.3) is 0 Å². The number of rotatable bonds is 1. The first-order valence-electron chi connectivity index (χ1n) is 4.31. The lowest BCUT2D eigenvalue weighted by atomic mass is 10.4. The van der Waals surface area contributed by atoms with Gasteiger partial charge < -0.3 is 10.6 Å². The van der Waals surface area contributed by atoms with E-state index in [4.69, 9.17) is 17.3 Å². The quantitative estimate of drug-likeness (QED) is 0.740. The Balaban J connectivity index is 2.29. The Labute approximate surface area is 81.7 Å². The fraction of sp³-hybridized carbons (Fsp3) is 0.500. The molecule has 2 N–H and O–H groups in total. The van der Waals surface area contributed by atoms with E-state index in [2.05, 4.69) is 15.1 Å². The second-order valence-corrected chi connectivity index (χ2v) is 3.54. The summed E-state index contributed by atoms with van der Waals surface area (Å²) in [5, 5.41) is 8.36. The van der Waals surface area contributed by atoms with Gasteiger partial charge in [0, 0.05) is 19.2 Å². The molecule has 1 aliphatic rings. The zero-order chi connectivity index (χ0) is 9.26. The minimum atomic E-state index is 0.368. The van der Waals surface area contributed by atoms with E-state index in [1.165, 1.54) is 12.8 Å². The predicted molar refractivity (Wildman–Crippen MR) is 52.9 cm³/mol. The summed E-state index contributed by atoms with van der Waals surface area (Å²) in [6.07, 6.45) is 2.39. The number of hydrogen-bond acceptors (Lipinski definition) is 4. The Kier molecular flexibility index (Phi) is 2.22. The van der Waals surface area contributed by atoms with E-state index < -0.39 is 0 Å². The average molecular weight is 199 g/mol. The van der Waals surface area contributed by atoms with Gasteiger partial charge >= 0.3 is 0 Å². The molecule has 1 saturated heterocycles. The third-order valence-corrected chi connectivity index (χ3v) is 2.43. The first-order chi connectivity index (χ1) is 6.27. The van der Waals surface area contributed by atoms with Crippen molar-refractivity contribution in [3.8, 4) is 0 Å². The van der Waals surface area contributed by atoms with E-state index in [-0.39, 0.29) is 0 Å². The van der Waals surface area contributed by atoms with Crippen LogP contribution in [0.2, 0.25) is 5.02 Å². The molecule has 2 heterocycles. The summed E-state index contributed by atoms with van der Waals surface area (Å²) >= 11 is 5.99. The Morgan fingerprint density at radius 2 is 2.00 bits per heavy atom. The van der Waals surface area contributed by atoms with Crippen molar-refractivity contribution in [3.63, 3.8) is 0 Å². The van der Waals surface area contributed by atoms with Crippen molar-refractivity contribution in [1.82, 2.24) is 10.2 Å². The molecule has 0 spiro atoms. The van der Waals surface area contributed by atoms with Crippen LogP contribution < -0.4 is 10.6 Å². The molecule has 1 aromatic heterocycles. The van der Waals surface area contributed by atoms with Gasteiger partial charge in [0.2, 0.25) is 0 Å². The molecule has 4 nitrogen and oxygen atoms in total. The van der Waals surface area contributed by atoms with E-state index in [0.29, 0.717) is 10.8 Å². The first kappa shape index (κ1) is 8.56. The molecule has 0 unspecified atom stereocenters. The van der Waals surface area contributed by atoms with Crippen molar-refractivity contribution in [2.45, 2.75) is 12.8 Å². The molecule has 13 heavy (non-hydrogen) atoms. The molecule has 0 amide bonds. The molecule has 0 saturated carbocycles. The van der Waals surface area contributed by atoms with Crippen molar-refractivity contribution in [2.75, 3.05) is 23.7 Å². The summed E-state index contributed by atoms with van der Waals surface area (Å²) in [7, 11) is 0. The average Bonchev–Trinajstić information content (AvgIpc) is 2.56. The van der Waals surface area contributed by atoms with Crippen molar-refractivity contribution < 1.29 is 0 Å². The summed E-state index contributed by atoms with van der Waals surface area (Å²) in [5.41, 5.74) is 5.45. The van der Waals surface area contributed by atoms with Crippen LogP contribution >= 0.6 is 11.6 Å². The van der Waals surface area contributed by atoms with E-state index in [1.807, 2.05) is 0 Å². The van der Waals surface area contributed by atoms with Crippen LogP contribution in [-0.4, -0.2) is 23.3 Å². The smallest absolute Gasteiger partial charge is 0.170 e. The van der Waals surface area contributed by atoms with Crippen molar-refractivity contribution in [2.24, 2.45) is 0 Å². The number of aromatic nitrogens is 2. The fourth-order valence-corrected chi connectivity index (χ4v) is 1.79. The third-order valence-electron chi connectivity index (χ3n) is 2.15. The second kappa shape index (κ2) is 3.38. The molecule has 1 fully saturated rings. The largest absolute Gasteiger partial charge is 0.382 e. The summed E-state index contributed by atoms with van der Waals surface area (Å²) in [5.74, 6) is 1.13. The number of anilines is 2. The maximum absolute atomic E-state index is 5.99. The van der Waals surface area contributed by atoms with Gasteiger partial charge in [-0.1, -0.05) is 11.6 Å². The molecule has 0 aliphatic carbocycles. The first-order valence-corrected chi connectivity index (χ1v) is 4.69. The predicted octanol–water partition coefficient (Wildman–Crippen LogP) is 1.31. The van der Waals surface area contributed by atoms with Crippen LogP contribution in [0.3, 0.4) is 0 Å². The Morgan fingerprint density at radius 1 is 1.31 bits per heavy atom. The Hall–Kier alpha value is -1.03. The highest BCUT2D eigenvalue weighted by Crippen LogP contribution is 2.26. The Bertz CT molecular complexity index is 309. The molecular weight excluding hydrogens is 188 g/mol. The highest BCUT2D eigenvalue weighted by molar-refractivity contribution is 6.33. The van der Waals surface area contributed by atoms with Crippen LogP contribution in [0.15, 0.2) is 6.07 Å². The van der Waals surface area contributed by atoms with Gasteiger partial charge in [-0.05, 0) is 12.8 Å². The molecule has 0 aromatic carbocycles. The molecule has 5 heteroatoms. The lowest BCUT2D eigenvalue weighted by Gasteiger charge is -2.16. The van der Waals surface area contributed by atoms with Crippen LogP contribution in [0.4, 0.5) is 11.6 Å². The monoisotopic (exact) mass is 198 g/mol. The zero-order valence-electron chi connectivity index (χ0n) is 7.20. The minimum Gasteiger partial charge on any atom is -0.382 e. The molecule has 1 aromatic rings. The van der Waals surface area contributed by atoms with Gasteiger partial charge in [0.05, 0.1) is 5.02 Å². The summed E-state index contributed by atoms with van der Waals surface area (Å²) in [4.78, 5) is 2.13. The highest BCUT2D eigenvalue weighted by Gasteiger charge is 2.16.